The smallest absolute Gasteiger partial charge is 0.255 e. The van der Waals surface area contributed by atoms with Crippen molar-refractivity contribution in [3.8, 4) is 5.75 Å². The molecule has 2 aliphatic rings. The van der Waals surface area contributed by atoms with Gasteiger partial charge in [-0.15, -0.1) is 0 Å². The second-order valence-corrected chi connectivity index (χ2v) is 8.70. The van der Waals surface area contributed by atoms with E-state index < -0.39 is 0 Å². The first kappa shape index (κ1) is 21.3. The highest BCUT2D eigenvalue weighted by Gasteiger charge is 2.31. The number of phenols is 1. The van der Waals surface area contributed by atoms with Gasteiger partial charge >= 0.3 is 0 Å². The minimum atomic E-state index is -0.153. The summed E-state index contributed by atoms with van der Waals surface area (Å²) in [4.78, 5) is 20.0. The third-order valence-corrected chi connectivity index (χ3v) is 6.61. The van der Waals surface area contributed by atoms with Gasteiger partial charge in [0.15, 0.2) is 0 Å². The molecule has 3 aromatic rings. The van der Waals surface area contributed by atoms with Gasteiger partial charge in [-0.05, 0) is 54.9 Å². The van der Waals surface area contributed by atoms with E-state index in [4.69, 9.17) is 0 Å². The van der Waals surface area contributed by atoms with E-state index in [-0.39, 0.29) is 12.1 Å². The maximum absolute atomic E-state index is 12.7. The molecule has 5 rings (SSSR count). The number of aromatic hydroxyl groups is 1. The van der Waals surface area contributed by atoms with Crippen LogP contribution in [0, 0.1) is 0 Å². The first-order valence-corrected chi connectivity index (χ1v) is 11.7. The Bertz CT molecular complexity index is 1080. The molecule has 1 atom stereocenters. The number of anilines is 2. The number of nitrogens with zero attached hydrogens (tertiary/aromatic N) is 3. The fourth-order valence-corrected chi connectivity index (χ4v) is 4.84. The highest BCUT2D eigenvalue weighted by molar-refractivity contribution is 6.02. The second-order valence-electron chi connectivity index (χ2n) is 8.70. The van der Waals surface area contributed by atoms with Gasteiger partial charge in [-0.1, -0.05) is 42.5 Å². The van der Waals surface area contributed by atoms with E-state index in [0.29, 0.717) is 5.75 Å². The number of carbonyl (C=O) groups excluding carboxylic acids is 1. The molecule has 2 heterocycles. The Morgan fingerprint density at radius 3 is 2.27 bits per heavy atom. The average Bonchev–Trinajstić information content (AvgIpc) is 2.87. The van der Waals surface area contributed by atoms with Gasteiger partial charge in [-0.2, -0.15) is 0 Å². The Balaban J connectivity index is 1.22. The van der Waals surface area contributed by atoms with Gasteiger partial charge in [0.25, 0.3) is 5.91 Å². The lowest BCUT2D eigenvalue weighted by atomic mass is 10.0. The number of amides is 1. The molecule has 1 fully saturated rings. The van der Waals surface area contributed by atoms with Crippen LogP contribution in [0.1, 0.15) is 28.5 Å². The molecule has 0 radical (unpaired) electrons. The van der Waals surface area contributed by atoms with Crippen LogP contribution in [-0.4, -0.2) is 55.2 Å². The van der Waals surface area contributed by atoms with Crippen LogP contribution in [-0.2, 0) is 0 Å². The molecule has 6 heteroatoms. The van der Waals surface area contributed by atoms with Crippen LogP contribution in [0.25, 0.3) is 0 Å². The first-order chi connectivity index (χ1) is 16.2. The summed E-state index contributed by atoms with van der Waals surface area (Å²) in [6.07, 6.45) is 0.868. The summed E-state index contributed by atoms with van der Waals surface area (Å²) in [5, 5.41) is 12.7. The van der Waals surface area contributed by atoms with E-state index in [2.05, 4.69) is 38.2 Å². The van der Waals surface area contributed by atoms with Gasteiger partial charge in [0.05, 0.1) is 11.3 Å². The van der Waals surface area contributed by atoms with Crippen LogP contribution in [0.4, 0.5) is 11.4 Å². The zero-order chi connectivity index (χ0) is 22.6. The Morgan fingerprint density at radius 1 is 0.818 bits per heavy atom. The molecule has 0 bridgehead atoms. The molecule has 0 spiro atoms. The fourth-order valence-electron chi connectivity index (χ4n) is 4.84. The number of para-hydroxylation sites is 1. The highest BCUT2D eigenvalue weighted by atomic mass is 16.3. The van der Waals surface area contributed by atoms with Crippen molar-refractivity contribution >= 4 is 17.3 Å². The molecule has 33 heavy (non-hydrogen) atoms. The average molecular weight is 443 g/mol. The van der Waals surface area contributed by atoms with Crippen LogP contribution in [0.5, 0.6) is 5.75 Å². The monoisotopic (exact) mass is 442 g/mol. The van der Waals surface area contributed by atoms with Gasteiger partial charge in [-0.25, -0.2) is 0 Å². The molecule has 1 saturated heterocycles. The summed E-state index contributed by atoms with van der Waals surface area (Å²) >= 11 is 0. The lowest BCUT2D eigenvalue weighted by molar-refractivity contribution is 0.0926. The second kappa shape index (κ2) is 9.55. The summed E-state index contributed by atoms with van der Waals surface area (Å²) in [7, 11) is 0. The number of benzene rings is 3. The van der Waals surface area contributed by atoms with Gasteiger partial charge < -0.3 is 20.2 Å². The number of hydrogen-bond acceptors (Lipinski definition) is 5. The van der Waals surface area contributed by atoms with Crippen molar-refractivity contribution in [3.63, 3.8) is 0 Å². The lowest BCUT2D eigenvalue weighted by Gasteiger charge is -2.40. The maximum Gasteiger partial charge on any atom is 0.255 e. The summed E-state index contributed by atoms with van der Waals surface area (Å²) in [6.45, 7) is 5.92. The van der Waals surface area contributed by atoms with Crippen molar-refractivity contribution in [2.24, 2.45) is 0 Å². The minimum Gasteiger partial charge on any atom is -0.508 e. The van der Waals surface area contributed by atoms with Crippen molar-refractivity contribution in [1.29, 1.82) is 0 Å². The SMILES string of the molecule is O=C1NC(c2ccccc2)N(CCCN2CCN(c3ccc(O)cc3)CC2)c2ccccc21. The summed E-state index contributed by atoms with van der Waals surface area (Å²) in [5.74, 6) is 0.294. The van der Waals surface area contributed by atoms with Gasteiger partial charge in [0, 0.05) is 38.4 Å². The van der Waals surface area contributed by atoms with E-state index in [9.17, 15) is 9.90 Å². The van der Waals surface area contributed by atoms with Crippen molar-refractivity contribution in [3.05, 3.63) is 90.0 Å². The molecule has 0 aromatic heterocycles. The predicted octanol–water partition coefficient (Wildman–Crippen LogP) is 3.85. The van der Waals surface area contributed by atoms with Gasteiger partial charge in [-0.3, -0.25) is 9.69 Å². The molecular formula is C27H30N4O2. The molecule has 0 aliphatic carbocycles. The number of carbonyl (C=O) groups is 1. The van der Waals surface area contributed by atoms with Crippen LogP contribution in [0.15, 0.2) is 78.9 Å². The molecule has 6 nitrogen and oxygen atoms in total. The van der Waals surface area contributed by atoms with Crippen LogP contribution < -0.4 is 15.1 Å². The van der Waals surface area contributed by atoms with Crippen molar-refractivity contribution in [2.45, 2.75) is 12.6 Å². The largest absolute Gasteiger partial charge is 0.508 e. The molecule has 2 aliphatic heterocycles. The van der Waals surface area contributed by atoms with E-state index in [1.807, 2.05) is 48.5 Å². The van der Waals surface area contributed by atoms with E-state index in [0.717, 1.165) is 62.5 Å². The van der Waals surface area contributed by atoms with Crippen LogP contribution >= 0.6 is 0 Å². The van der Waals surface area contributed by atoms with Crippen LogP contribution in [0.3, 0.4) is 0 Å². The zero-order valence-corrected chi connectivity index (χ0v) is 18.7. The van der Waals surface area contributed by atoms with E-state index >= 15 is 0 Å². The maximum atomic E-state index is 12.7. The van der Waals surface area contributed by atoms with Gasteiger partial charge in [0.2, 0.25) is 0 Å². The predicted molar refractivity (Wildman–Crippen MR) is 132 cm³/mol. The number of fused-ring (bicyclic) bond motifs is 1. The third kappa shape index (κ3) is 4.66. The summed E-state index contributed by atoms with van der Waals surface area (Å²) < 4.78 is 0. The normalized spacial score (nSPS) is 18.7. The lowest BCUT2D eigenvalue weighted by Crippen LogP contribution is -2.49. The molecule has 170 valence electrons. The summed E-state index contributed by atoms with van der Waals surface area (Å²) in [5.41, 5.74) is 4.01. The Kier molecular flexibility index (Phi) is 6.17. The third-order valence-electron chi connectivity index (χ3n) is 6.61. The molecule has 3 aromatic carbocycles. The number of phenolic OH excluding ortho intramolecular Hbond substituents is 1. The topological polar surface area (TPSA) is 59.1 Å². The van der Waals surface area contributed by atoms with Gasteiger partial charge in [0.1, 0.15) is 11.9 Å². The number of hydrogen-bond donors (Lipinski definition) is 2. The van der Waals surface area contributed by atoms with Crippen molar-refractivity contribution < 1.29 is 9.90 Å². The Labute approximate surface area is 195 Å². The Morgan fingerprint density at radius 2 is 1.52 bits per heavy atom. The molecular weight excluding hydrogens is 412 g/mol. The number of piperazine rings is 1. The van der Waals surface area contributed by atoms with E-state index in [1.54, 1.807) is 12.1 Å². The summed E-state index contributed by atoms with van der Waals surface area (Å²) in [6, 6.07) is 25.6. The fraction of sp³-hybridized carbons (Fsp3) is 0.296. The molecule has 2 N–H and O–H groups in total. The molecule has 1 unspecified atom stereocenters. The van der Waals surface area contributed by atoms with Crippen LogP contribution in [0.2, 0.25) is 0 Å². The first-order valence-electron chi connectivity index (χ1n) is 11.7. The zero-order valence-electron chi connectivity index (χ0n) is 18.7. The van der Waals surface area contributed by atoms with E-state index in [1.165, 1.54) is 5.69 Å². The molecule has 0 saturated carbocycles. The van der Waals surface area contributed by atoms with Crippen molar-refractivity contribution in [2.75, 3.05) is 49.1 Å². The minimum absolute atomic E-state index is 0.0129. The van der Waals surface area contributed by atoms with Crippen molar-refractivity contribution in [1.82, 2.24) is 10.2 Å². The Hall–Kier alpha value is -3.51. The number of rotatable bonds is 6. The standard InChI is InChI=1S/C27H30N4O2/c32-23-13-11-22(12-14-23)30-19-17-29(18-20-30)15-6-16-31-25-10-5-4-9-24(25)27(33)28-26(31)21-7-2-1-3-8-21/h1-5,7-14,26,32H,6,15-20H2,(H,28,33). The molecule has 1 amide bonds. The quantitative estimate of drug-likeness (QED) is 0.607. The number of nitrogens with one attached hydrogen (secondary N) is 1. The highest BCUT2D eigenvalue weighted by Crippen LogP contribution is 2.33.